The third-order valence-electron chi connectivity index (χ3n) is 3.21. The van der Waals surface area contributed by atoms with E-state index in [1.165, 1.54) is 4.88 Å². The van der Waals surface area contributed by atoms with Crippen molar-refractivity contribution in [1.82, 2.24) is 4.90 Å². The Hall–Kier alpha value is -1.62. The minimum absolute atomic E-state index is 0.0288. The number of hydrogen-bond donors (Lipinski definition) is 1. The highest BCUT2D eigenvalue weighted by Gasteiger charge is 2.26. The molecule has 1 unspecified atom stereocenters. The highest BCUT2D eigenvalue weighted by atomic mass is 32.1. The lowest BCUT2D eigenvalue weighted by Gasteiger charge is -2.13. The van der Waals surface area contributed by atoms with Crippen molar-refractivity contribution < 1.29 is 14.7 Å². The monoisotopic (exact) mass is 279 g/mol. The summed E-state index contributed by atoms with van der Waals surface area (Å²) in [5.41, 5.74) is 0. The second kappa shape index (κ2) is 6.02. The molecule has 2 rings (SSSR count). The van der Waals surface area contributed by atoms with Crippen molar-refractivity contribution in [3.8, 4) is 0 Å². The van der Waals surface area contributed by atoms with Gasteiger partial charge in [0.15, 0.2) is 0 Å². The average molecular weight is 279 g/mol. The third kappa shape index (κ3) is 3.92. The Morgan fingerprint density at radius 3 is 2.95 bits per heavy atom. The van der Waals surface area contributed by atoms with E-state index < -0.39 is 5.97 Å². The molecule has 0 bridgehead atoms. The smallest absolute Gasteiger partial charge is 0.303 e. The number of carboxylic acids is 1. The Bertz CT molecular complexity index is 507. The van der Waals surface area contributed by atoms with Crippen LogP contribution in [0.5, 0.6) is 0 Å². The first kappa shape index (κ1) is 13.8. The Labute approximate surface area is 116 Å². The van der Waals surface area contributed by atoms with Crippen LogP contribution < -0.4 is 0 Å². The van der Waals surface area contributed by atoms with Gasteiger partial charge in [0, 0.05) is 35.3 Å². The Morgan fingerprint density at radius 2 is 2.32 bits per heavy atom. The maximum Gasteiger partial charge on any atom is 0.303 e. The highest BCUT2D eigenvalue weighted by Crippen LogP contribution is 2.21. The summed E-state index contributed by atoms with van der Waals surface area (Å²) in [6, 6.07) is 4.01. The van der Waals surface area contributed by atoms with Crippen LogP contribution in [0.2, 0.25) is 0 Å². The molecule has 1 fully saturated rings. The summed E-state index contributed by atoms with van der Waals surface area (Å²) in [6.45, 7) is 3.24. The number of thiophene rings is 1. The second-order valence-corrected chi connectivity index (χ2v) is 6.14. The maximum absolute atomic E-state index is 12.0. The predicted molar refractivity (Wildman–Crippen MR) is 75.0 cm³/mol. The first-order valence-corrected chi connectivity index (χ1v) is 7.11. The SMILES string of the molecule is Cc1ccc(C=CC(=O)N2CCC(CC(=O)O)C2)s1. The highest BCUT2D eigenvalue weighted by molar-refractivity contribution is 7.12. The molecule has 2 heterocycles. The van der Waals surface area contributed by atoms with E-state index in [0.717, 1.165) is 11.3 Å². The normalized spacial score (nSPS) is 19.2. The van der Waals surface area contributed by atoms with Crippen LogP contribution in [0, 0.1) is 12.8 Å². The molecule has 0 saturated carbocycles. The number of carbonyl (C=O) groups excluding carboxylic acids is 1. The zero-order chi connectivity index (χ0) is 13.8. The first-order chi connectivity index (χ1) is 9.04. The zero-order valence-corrected chi connectivity index (χ0v) is 11.7. The van der Waals surface area contributed by atoms with Gasteiger partial charge in [0.2, 0.25) is 5.91 Å². The van der Waals surface area contributed by atoms with Crippen molar-refractivity contribution >= 4 is 29.3 Å². The number of rotatable bonds is 4. The van der Waals surface area contributed by atoms with Gasteiger partial charge in [-0.1, -0.05) is 0 Å². The average Bonchev–Trinajstić information content (AvgIpc) is 2.95. The van der Waals surface area contributed by atoms with Crippen molar-refractivity contribution in [1.29, 1.82) is 0 Å². The molecule has 1 atom stereocenters. The molecule has 102 valence electrons. The summed E-state index contributed by atoms with van der Waals surface area (Å²) >= 11 is 1.65. The van der Waals surface area contributed by atoms with Gasteiger partial charge in [-0.25, -0.2) is 0 Å². The predicted octanol–water partition coefficient (Wildman–Crippen LogP) is 2.39. The molecule has 4 nitrogen and oxygen atoms in total. The van der Waals surface area contributed by atoms with Gasteiger partial charge in [-0.2, -0.15) is 0 Å². The quantitative estimate of drug-likeness (QED) is 0.861. The number of carbonyl (C=O) groups is 2. The molecule has 1 aliphatic rings. The Morgan fingerprint density at radius 1 is 1.53 bits per heavy atom. The minimum Gasteiger partial charge on any atom is -0.481 e. The molecule has 19 heavy (non-hydrogen) atoms. The van der Waals surface area contributed by atoms with Crippen LogP contribution in [-0.4, -0.2) is 35.0 Å². The number of hydrogen-bond acceptors (Lipinski definition) is 3. The molecule has 0 aliphatic carbocycles. The van der Waals surface area contributed by atoms with E-state index in [1.807, 2.05) is 25.1 Å². The lowest BCUT2D eigenvalue weighted by molar-refractivity contribution is -0.138. The molecule has 1 saturated heterocycles. The third-order valence-corrected chi connectivity index (χ3v) is 4.18. The fraction of sp³-hybridized carbons (Fsp3) is 0.429. The van der Waals surface area contributed by atoms with Crippen LogP contribution in [-0.2, 0) is 9.59 Å². The summed E-state index contributed by atoms with van der Waals surface area (Å²) in [6.07, 6.45) is 4.33. The number of likely N-dealkylation sites (tertiary alicyclic amines) is 1. The number of nitrogens with zero attached hydrogens (tertiary/aromatic N) is 1. The summed E-state index contributed by atoms with van der Waals surface area (Å²) in [4.78, 5) is 26.6. The van der Waals surface area contributed by atoms with Crippen molar-refractivity contribution in [3.63, 3.8) is 0 Å². The van der Waals surface area contributed by atoms with Crippen LogP contribution >= 0.6 is 11.3 Å². The lowest BCUT2D eigenvalue weighted by atomic mass is 10.1. The molecule has 5 heteroatoms. The van der Waals surface area contributed by atoms with E-state index in [1.54, 1.807) is 22.3 Å². The maximum atomic E-state index is 12.0. The van der Waals surface area contributed by atoms with Crippen LogP contribution in [0.15, 0.2) is 18.2 Å². The summed E-state index contributed by atoms with van der Waals surface area (Å²) in [5, 5.41) is 8.74. The van der Waals surface area contributed by atoms with Crippen LogP contribution in [0.1, 0.15) is 22.6 Å². The molecule has 0 radical (unpaired) electrons. The molecule has 1 aromatic heterocycles. The van der Waals surface area contributed by atoms with E-state index in [-0.39, 0.29) is 18.2 Å². The van der Waals surface area contributed by atoms with Gasteiger partial charge < -0.3 is 10.0 Å². The number of aliphatic carboxylic acids is 1. The molecule has 0 aromatic carbocycles. The van der Waals surface area contributed by atoms with Crippen molar-refractivity contribution in [3.05, 3.63) is 28.0 Å². The summed E-state index contributed by atoms with van der Waals surface area (Å²) in [5.74, 6) is -0.721. The van der Waals surface area contributed by atoms with E-state index in [2.05, 4.69) is 0 Å². The van der Waals surface area contributed by atoms with Crippen LogP contribution in [0.4, 0.5) is 0 Å². The second-order valence-electron chi connectivity index (χ2n) is 4.82. The standard InChI is InChI=1S/C14H17NO3S/c1-10-2-3-12(19-10)4-5-13(16)15-7-6-11(9-15)8-14(17)18/h2-5,11H,6-9H2,1H3,(H,17,18). The first-order valence-electron chi connectivity index (χ1n) is 6.30. The van der Waals surface area contributed by atoms with E-state index in [4.69, 9.17) is 5.11 Å². The van der Waals surface area contributed by atoms with Gasteiger partial charge in [-0.15, -0.1) is 11.3 Å². The van der Waals surface area contributed by atoms with Gasteiger partial charge in [-0.3, -0.25) is 9.59 Å². The molecule has 1 N–H and O–H groups in total. The molecule has 1 aliphatic heterocycles. The van der Waals surface area contributed by atoms with Crippen LogP contribution in [0.3, 0.4) is 0 Å². The van der Waals surface area contributed by atoms with Gasteiger partial charge in [0.05, 0.1) is 0 Å². The molecule has 0 spiro atoms. The van der Waals surface area contributed by atoms with Gasteiger partial charge >= 0.3 is 5.97 Å². The zero-order valence-electron chi connectivity index (χ0n) is 10.8. The minimum atomic E-state index is -0.788. The molecule has 1 aromatic rings. The Balaban J connectivity index is 1.87. The number of amides is 1. The molecule has 1 amide bonds. The fourth-order valence-corrected chi connectivity index (χ4v) is 3.03. The fourth-order valence-electron chi connectivity index (χ4n) is 2.25. The van der Waals surface area contributed by atoms with Crippen molar-refractivity contribution in [2.75, 3.05) is 13.1 Å². The van der Waals surface area contributed by atoms with Gasteiger partial charge in [-0.05, 0) is 37.5 Å². The largest absolute Gasteiger partial charge is 0.481 e. The number of aryl methyl sites for hydroxylation is 1. The topological polar surface area (TPSA) is 57.6 Å². The van der Waals surface area contributed by atoms with Crippen LogP contribution in [0.25, 0.3) is 6.08 Å². The van der Waals surface area contributed by atoms with E-state index in [9.17, 15) is 9.59 Å². The van der Waals surface area contributed by atoms with E-state index >= 15 is 0 Å². The van der Waals surface area contributed by atoms with E-state index in [0.29, 0.717) is 13.1 Å². The Kier molecular flexibility index (Phi) is 4.37. The van der Waals surface area contributed by atoms with Crippen molar-refractivity contribution in [2.45, 2.75) is 19.8 Å². The molecular formula is C14H17NO3S. The summed E-state index contributed by atoms with van der Waals surface area (Å²) in [7, 11) is 0. The van der Waals surface area contributed by atoms with Gasteiger partial charge in [0.25, 0.3) is 0 Å². The van der Waals surface area contributed by atoms with Crippen molar-refractivity contribution in [2.24, 2.45) is 5.92 Å². The molecular weight excluding hydrogens is 262 g/mol. The summed E-state index contributed by atoms with van der Waals surface area (Å²) < 4.78 is 0. The van der Waals surface area contributed by atoms with Gasteiger partial charge in [0.1, 0.15) is 0 Å². The number of carboxylic acid groups (broad SMARTS) is 1. The lowest BCUT2D eigenvalue weighted by Crippen LogP contribution is -2.27.